The average Bonchev–Trinajstić information content (AvgIpc) is 2.46. The molecule has 0 unspecified atom stereocenters. The summed E-state index contributed by atoms with van der Waals surface area (Å²) >= 11 is 0. The van der Waals surface area contributed by atoms with Crippen molar-refractivity contribution in [1.29, 1.82) is 0 Å². The highest BCUT2D eigenvalue weighted by Crippen LogP contribution is 2.19. The molecule has 4 nitrogen and oxygen atoms in total. The van der Waals surface area contributed by atoms with E-state index in [-0.39, 0.29) is 18.0 Å². The van der Waals surface area contributed by atoms with E-state index in [1.807, 2.05) is 30.3 Å². The Bertz CT molecular complexity index is 682. The summed E-state index contributed by atoms with van der Waals surface area (Å²) < 4.78 is 27.2. The van der Waals surface area contributed by atoms with E-state index in [9.17, 15) is 13.5 Å². The van der Waals surface area contributed by atoms with Gasteiger partial charge < -0.3 is 5.11 Å². The fourth-order valence-electron chi connectivity index (χ4n) is 1.97. The number of hydrogen-bond donors (Lipinski definition) is 2. The standard InChI is InChI=1S/C15H17NO3S/c1-12-14(11-17)8-5-9-15(12)20(18,19)16-10-13-6-3-2-4-7-13/h2-9,16-17H,10-11H2,1H3. The molecule has 0 saturated heterocycles. The molecule has 0 aliphatic rings. The van der Waals surface area contributed by atoms with Crippen molar-refractivity contribution in [3.05, 3.63) is 65.2 Å². The zero-order chi connectivity index (χ0) is 14.6. The van der Waals surface area contributed by atoms with Crippen molar-refractivity contribution in [3.63, 3.8) is 0 Å². The summed E-state index contributed by atoms with van der Waals surface area (Å²) in [6, 6.07) is 14.2. The van der Waals surface area contributed by atoms with Gasteiger partial charge in [-0.3, -0.25) is 0 Å². The summed E-state index contributed by atoms with van der Waals surface area (Å²) in [6.07, 6.45) is 0. The predicted octanol–water partition coefficient (Wildman–Crippen LogP) is 1.97. The van der Waals surface area contributed by atoms with Gasteiger partial charge in [-0.05, 0) is 29.7 Å². The van der Waals surface area contributed by atoms with Crippen molar-refractivity contribution in [2.75, 3.05) is 0 Å². The molecule has 0 saturated carbocycles. The van der Waals surface area contributed by atoms with Crippen LogP contribution in [-0.2, 0) is 23.2 Å². The van der Waals surface area contributed by atoms with Gasteiger partial charge in [0.2, 0.25) is 10.0 Å². The molecule has 0 atom stereocenters. The predicted molar refractivity (Wildman–Crippen MR) is 77.6 cm³/mol. The lowest BCUT2D eigenvalue weighted by Gasteiger charge is -2.11. The first-order chi connectivity index (χ1) is 9.54. The molecule has 0 bridgehead atoms. The van der Waals surface area contributed by atoms with Crippen LogP contribution < -0.4 is 4.72 Å². The van der Waals surface area contributed by atoms with Crippen LogP contribution in [0.1, 0.15) is 16.7 Å². The van der Waals surface area contributed by atoms with E-state index < -0.39 is 10.0 Å². The van der Waals surface area contributed by atoms with Crippen LogP contribution in [0.2, 0.25) is 0 Å². The molecule has 0 spiro atoms. The van der Waals surface area contributed by atoms with Gasteiger partial charge in [-0.15, -0.1) is 0 Å². The topological polar surface area (TPSA) is 66.4 Å². The number of rotatable bonds is 5. The van der Waals surface area contributed by atoms with E-state index in [1.165, 1.54) is 0 Å². The SMILES string of the molecule is Cc1c(CO)cccc1S(=O)(=O)NCc1ccccc1. The van der Waals surface area contributed by atoms with Crippen LogP contribution in [0.15, 0.2) is 53.4 Å². The van der Waals surface area contributed by atoms with Crippen LogP contribution in [-0.4, -0.2) is 13.5 Å². The first-order valence-electron chi connectivity index (χ1n) is 6.27. The van der Waals surface area contributed by atoms with Gasteiger partial charge in [0.15, 0.2) is 0 Å². The highest BCUT2D eigenvalue weighted by molar-refractivity contribution is 7.89. The van der Waals surface area contributed by atoms with Crippen molar-refractivity contribution >= 4 is 10.0 Å². The normalized spacial score (nSPS) is 11.5. The quantitative estimate of drug-likeness (QED) is 0.885. The Hall–Kier alpha value is -1.69. The van der Waals surface area contributed by atoms with Gasteiger partial charge in [-0.2, -0.15) is 0 Å². The minimum atomic E-state index is -3.58. The fourth-order valence-corrected chi connectivity index (χ4v) is 3.28. The van der Waals surface area contributed by atoms with Gasteiger partial charge in [0.05, 0.1) is 11.5 Å². The van der Waals surface area contributed by atoms with Gasteiger partial charge >= 0.3 is 0 Å². The number of sulfonamides is 1. The van der Waals surface area contributed by atoms with Crippen LogP contribution in [0.4, 0.5) is 0 Å². The molecule has 0 radical (unpaired) electrons. The van der Waals surface area contributed by atoms with Crippen LogP contribution in [0.3, 0.4) is 0 Å². The summed E-state index contributed by atoms with van der Waals surface area (Å²) in [4.78, 5) is 0.208. The van der Waals surface area contributed by atoms with E-state index in [4.69, 9.17) is 0 Å². The molecule has 0 amide bonds. The Morgan fingerprint density at radius 3 is 2.40 bits per heavy atom. The van der Waals surface area contributed by atoms with Gasteiger partial charge in [0.1, 0.15) is 0 Å². The van der Waals surface area contributed by atoms with Crippen molar-refractivity contribution < 1.29 is 13.5 Å². The van der Waals surface area contributed by atoms with Crippen LogP contribution in [0, 0.1) is 6.92 Å². The first kappa shape index (κ1) is 14.7. The zero-order valence-electron chi connectivity index (χ0n) is 11.2. The molecule has 106 valence electrons. The molecule has 5 heteroatoms. The number of nitrogens with one attached hydrogen (secondary N) is 1. The second kappa shape index (κ2) is 6.17. The van der Waals surface area contributed by atoms with Crippen molar-refractivity contribution in [1.82, 2.24) is 4.72 Å². The average molecular weight is 291 g/mol. The summed E-state index contributed by atoms with van der Waals surface area (Å²) in [6.45, 7) is 1.77. The number of hydrogen-bond acceptors (Lipinski definition) is 3. The third kappa shape index (κ3) is 3.25. The highest BCUT2D eigenvalue weighted by atomic mass is 32.2. The smallest absolute Gasteiger partial charge is 0.241 e. The fraction of sp³-hybridized carbons (Fsp3) is 0.200. The van der Waals surface area contributed by atoms with Crippen LogP contribution in [0.5, 0.6) is 0 Å². The second-order valence-electron chi connectivity index (χ2n) is 4.51. The molecular weight excluding hydrogens is 274 g/mol. The molecular formula is C15H17NO3S. The third-order valence-corrected chi connectivity index (χ3v) is 4.71. The Kier molecular flexibility index (Phi) is 4.54. The van der Waals surface area contributed by atoms with Crippen LogP contribution >= 0.6 is 0 Å². The maximum Gasteiger partial charge on any atom is 0.241 e. The molecule has 20 heavy (non-hydrogen) atoms. The molecule has 2 rings (SSSR count). The molecule has 0 fully saturated rings. The molecule has 0 heterocycles. The number of aliphatic hydroxyl groups excluding tert-OH is 1. The van der Waals surface area contributed by atoms with Gasteiger partial charge in [0.25, 0.3) is 0 Å². The third-order valence-electron chi connectivity index (χ3n) is 3.17. The Morgan fingerprint density at radius 2 is 1.75 bits per heavy atom. The lowest BCUT2D eigenvalue weighted by molar-refractivity contribution is 0.280. The maximum atomic E-state index is 12.3. The van der Waals surface area contributed by atoms with Gasteiger partial charge in [-0.25, -0.2) is 13.1 Å². The molecule has 2 N–H and O–H groups in total. The van der Waals surface area contributed by atoms with Crippen molar-refractivity contribution in [3.8, 4) is 0 Å². The summed E-state index contributed by atoms with van der Waals surface area (Å²) in [7, 11) is -3.58. The molecule has 0 aliphatic carbocycles. The molecule has 2 aromatic rings. The lowest BCUT2D eigenvalue weighted by atomic mass is 10.1. The molecule has 0 aromatic heterocycles. The number of aliphatic hydroxyl groups is 1. The highest BCUT2D eigenvalue weighted by Gasteiger charge is 2.17. The molecule has 2 aromatic carbocycles. The zero-order valence-corrected chi connectivity index (χ0v) is 12.0. The molecule has 0 aliphatic heterocycles. The Balaban J connectivity index is 2.23. The van der Waals surface area contributed by atoms with E-state index in [0.717, 1.165) is 5.56 Å². The first-order valence-corrected chi connectivity index (χ1v) is 7.76. The number of benzene rings is 2. The van der Waals surface area contributed by atoms with E-state index in [2.05, 4.69) is 4.72 Å². The lowest BCUT2D eigenvalue weighted by Crippen LogP contribution is -2.24. The maximum absolute atomic E-state index is 12.3. The summed E-state index contributed by atoms with van der Waals surface area (Å²) in [5, 5.41) is 9.20. The van der Waals surface area contributed by atoms with Crippen LogP contribution in [0.25, 0.3) is 0 Å². The van der Waals surface area contributed by atoms with E-state index >= 15 is 0 Å². The largest absolute Gasteiger partial charge is 0.392 e. The Morgan fingerprint density at radius 1 is 1.05 bits per heavy atom. The minimum absolute atomic E-state index is 0.173. The summed E-state index contributed by atoms with van der Waals surface area (Å²) in [5.74, 6) is 0. The van der Waals surface area contributed by atoms with E-state index in [1.54, 1.807) is 25.1 Å². The Labute approximate surface area is 119 Å². The van der Waals surface area contributed by atoms with Gasteiger partial charge in [-0.1, -0.05) is 42.5 Å². The van der Waals surface area contributed by atoms with Gasteiger partial charge in [0, 0.05) is 6.54 Å². The van der Waals surface area contributed by atoms with Crippen molar-refractivity contribution in [2.45, 2.75) is 25.0 Å². The monoisotopic (exact) mass is 291 g/mol. The second-order valence-corrected chi connectivity index (χ2v) is 6.24. The summed E-state index contributed by atoms with van der Waals surface area (Å²) in [5.41, 5.74) is 2.09. The minimum Gasteiger partial charge on any atom is -0.392 e. The van der Waals surface area contributed by atoms with Crippen molar-refractivity contribution in [2.24, 2.45) is 0 Å². The van der Waals surface area contributed by atoms with E-state index in [0.29, 0.717) is 11.1 Å².